The van der Waals surface area contributed by atoms with Crippen LogP contribution >= 0.6 is 0 Å². The first kappa shape index (κ1) is 19.7. The third kappa shape index (κ3) is 4.10. The average Bonchev–Trinajstić information content (AvgIpc) is 2.59. The smallest absolute Gasteiger partial charge is 0.0630 e. The molecular weight excluding hydrogens is 328 g/mol. The maximum absolute atomic E-state index is 4.70. The van der Waals surface area contributed by atoms with Crippen LogP contribution in [0.2, 0.25) is 0 Å². The van der Waals surface area contributed by atoms with Crippen LogP contribution in [-0.2, 0) is 0 Å². The van der Waals surface area contributed by atoms with Crippen molar-refractivity contribution in [1.82, 2.24) is 0 Å². The van der Waals surface area contributed by atoms with E-state index in [0.717, 1.165) is 5.69 Å². The van der Waals surface area contributed by atoms with Gasteiger partial charge in [0.1, 0.15) is 0 Å². The Morgan fingerprint density at radius 1 is 1.04 bits per heavy atom. The normalized spacial score (nSPS) is 19.1. The summed E-state index contributed by atoms with van der Waals surface area (Å²) >= 11 is 0. The Hall–Kier alpha value is -2.09. The highest BCUT2D eigenvalue weighted by atomic mass is 15.2. The SMILES string of the molecule is CC(C)c1ccc(N=Cc2ccc3c(c2)[C@H](C)CC(C)(C)N3C(C)C)cc1. The molecule has 0 saturated heterocycles. The van der Waals surface area contributed by atoms with Crippen LogP contribution < -0.4 is 4.90 Å². The summed E-state index contributed by atoms with van der Waals surface area (Å²) in [5.74, 6) is 1.11. The molecule has 1 aliphatic rings. The zero-order chi connectivity index (χ0) is 19.8. The summed E-state index contributed by atoms with van der Waals surface area (Å²) in [5, 5.41) is 0. The van der Waals surface area contributed by atoms with Gasteiger partial charge in [-0.3, -0.25) is 4.99 Å². The number of aliphatic imine (C=N–C) groups is 1. The molecule has 0 spiro atoms. The minimum absolute atomic E-state index is 0.189. The third-order valence-electron chi connectivity index (χ3n) is 5.74. The van der Waals surface area contributed by atoms with E-state index in [0.29, 0.717) is 17.9 Å². The molecule has 0 aromatic heterocycles. The van der Waals surface area contributed by atoms with Gasteiger partial charge in [-0.15, -0.1) is 0 Å². The van der Waals surface area contributed by atoms with Crippen molar-refractivity contribution in [1.29, 1.82) is 0 Å². The molecular formula is C25H34N2. The van der Waals surface area contributed by atoms with Crippen molar-refractivity contribution in [2.45, 2.75) is 78.3 Å². The van der Waals surface area contributed by atoms with Crippen LogP contribution in [0.15, 0.2) is 47.5 Å². The maximum Gasteiger partial charge on any atom is 0.0630 e. The molecule has 144 valence electrons. The van der Waals surface area contributed by atoms with E-state index in [1.807, 2.05) is 6.21 Å². The number of hydrogen-bond acceptors (Lipinski definition) is 2. The van der Waals surface area contributed by atoms with Crippen molar-refractivity contribution in [2.75, 3.05) is 4.90 Å². The van der Waals surface area contributed by atoms with Gasteiger partial charge in [-0.05, 0) is 86.9 Å². The van der Waals surface area contributed by atoms with Crippen LogP contribution in [0.3, 0.4) is 0 Å². The van der Waals surface area contributed by atoms with Crippen LogP contribution in [0.25, 0.3) is 0 Å². The highest BCUT2D eigenvalue weighted by Crippen LogP contribution is 2.44. The lowest BCUT2D eigenvalue weighted by molar-refractivity contribution is 0.356. The quantitative estimate of drug-likeness (QED) is 0.531. The van der Waals surface area contributed by atoms with Gasteiger partial charge in [0.2, 0.25) is 0 Å². The van der Waals surface area contributed by atoms with E-state index in [1.165, 1.54) is 28.8 Å². The first-order valence-corrected chi connectivity index (χ1v) is 10.3. The van der Waals surface area contributed by atoms with Crippen LogP contribution in [0.1, 0.15) is 83.4 Å². The van der Waals surface area contributed by atoms with E-state index in [-0.39, 0.29) is 5.54 Å². The molecule has 2 aromatic rings. The van der Waals surface area contributed by atoms with Crippen LogP contribution in [-0.4, -0.2) is 17.8 Å². The summed E-state index contributed by atoms with van der Waals surface area (Å²) in [7, 11) is 0. The second kappa shape index (κ2) is 7.50. The fourth-order valence-corrected chi connectivity index (χ4v) is 4.62. The highest BCUT2D eigenvalue weighted by molar-refractivity contribution is 5.83. The molecule has 2 nitrogen and oxygen atoms in total. The standard InChI is InChI=1S/C25H34N2/c1-17(2)21-9-11-22(12-10-21)26-16-20-8-13-24-23(14-20)19(5)15-25(6,7)27(24)18(3)4/h8-14,16-19H,15H2,1-7H3/t19-/m1/s1. The summed E-state index contributed by atoms with van der Waals surface area (Å²) in [6.45, 7) is 16.1. The van der Waals surface area contributed by atoms with E-state index in [1.54, 1.807) is 0 Å². The molecule has 0 radical (unpaired) electrons. The van der Waals surface area contributed by atoms with Gasteiger partial charge in [-0.1, -0.05) is 39.0 Å². The van der Waals surface area contributed by atoms with Crippen LogP contribution in [0, 0.1) is 0 Å². The van der Waals surface area contributed by atoms with Gasteiger partial charge in [0.05, 0.1) is 5.69 Å². The zero-order valence-electron chi connectivity index (χ0n) is 18.0. The number of benzene rings is 2. The van der Waals surface area contributed by atoms with E-state index in [9.17, 15) is 0 Å². The first-order valence-electron chi connectivity index (χ1n) is 10.3. The molecule has 3 rings (SSSR count). The van der Waals surface area contributed by atoms with Gasteiger partial charge in [0.25, 0.3) is 0 Å². The highest BCUT2D eigenvalue weighted by Gasteiger charge is 2.37. The topological polar surface area (TPSA) is 15.6 Å². The van der Waals surface area contributed by atoms with Crippen molar-refractivity contribution in [2.24, 2.45) is 4.99 Å². The predicted octanol–water partition coefficient (Wildman–Crippen LogP) is 7.06. The number of anilines is 1. The number of fused-ring (bicyclic) bond motifs is 1. The largest absolute Gasteiger partial charge is 0.364 e. The molecule has 0 amide bonds. The van der Waals surface area contributed by atoms with E-state index in [4.69, 9.17) is 4.99 Å². The Labute approximate surface area is 165 Å². The van der Waals surface area contributed by atoms with Gasteiger partial charge in [0, 0.05) is 23.5 Å². The molecule has 27 heavy (non-hydrogen) atoms. The molecule has 2 heteroatoms. The third-order valence-corrected chi connectivity index (χ3v) is 5.74. The molecule has 2 aromatic carbocycles. The summed E-state index contributed by atoms with van der Waals surface area (Å²) in [5.41, 5.74) is 6.56. The first-order chi connectivity index (χ1) is 12.7. The Bertz CT molecular complexity index is 813. The lowest BCUT2D eigenvalue weighted by Crippen LogP contribution is -2.51. The summed E-state index contributed by atoms with van der Waals surface area (Å²) in [4.78, 5) is 7.27. The molecule has 1 heterocycles. The molecule has 1 atom stereocenters. The number of nitrogens with zero attached hydrogens (tertiary/aromatic N) is 2. The fraction of sp³-hybridized carbons (Fsp3) is 0.480. The lowest BCUT2D eigenvalue weighted by atomic mass is 9.79. The molecule has 0 fully saturated rings. The second-order valence-corrected chi connectivity index (χ2v) is 9.20. The van der Waals surface area contributed by atoms with E-state index >= 15 is 0 Å². The van der Waals surface area contributed by atoms with Gasteiger partial charge in [-0.25, -0.2) is 0 Å². The predicted molar refractivity (Wildman–Crippen MR) is 119 cm³/mol. The number of hydrogen-bond donors (Lipinski definition) is 0. The zero-order valence-corrected chi connectivity index (χ0v) is 18.0. The second-order valence-electron chi connectivity index (χ2n) is 9.20. The summed E-state index contributed by atoms with van der Waals surface area (Å²) in [6.07, 6.45) is 3.17. The Balaban J connectivity index is 1.88. The molecule has 0 bridgehead atoms. The Kier molecular flexibility index (Phi) is 5.46. The van der Waals surface area contributed by atoms with E-state index in [2.05, 4.69) is 95.8 Å². The Morgan fingerprint density at radius 3 is 2.30 bits per heavy atom. The minimum Gasteiger partial charge on any atom is -0.364 e. The summed E-state index contributed by atoms with van der Waals surface area (Å²) < 4.78 is 0. The monoisotopic (exact) mass is 362 g/mol. The van der Waals surface area contributed by atoms with E-state index < -0.39 is 0 Å². The molecule has 0 N–H and O–H groups in total. The minimum atomic E-state index is 0.189. The lowest BCUT2D eigenvalue weighted by Gasteiger charge is -2.50. The summed E-state index contributed by atoms with van der Waals surface area (Å²) in [6, 6.07) is 15.9. The maximum atomic E-state index is 4.70. The Morgan fingerprint density at radius 2 is 1.70 bits per heavy atom. The number of rotatable bonds is 4. The van der Waals surface area contributed by atoms with Crippen LogP contribution in [0.5, 0.6) is 0 Å². The molecule has 0 saturated carbocycles. The molecule has 1 aliphatic heterocycles. The van der Waals surface area contributed by atoms with Crippen molar-refractivity contribution in [3.63, 3.8) is 0 Å². The molecule has 0 aliphatic carbocycles. The fourth-order valence-electron chi connectivity index (χ4n) is 4.62. The van der Waals surface area contributed by atoms with Crippen molar-refractivity contribution >= 4 is 17.6 Å². The van der Waals surface area contributed by atoms with Crippen molar-refractivity contribution in [3.05, 3.63) is 59.2 Å². The van der Waals surface area contributed by atoms with Crippen molar-refractivity contribution < 1.29 is 0 Å². The van der Waals surface area contributed by atoms with Gasteiger partial charge >= 0.3 is 0 Å². The van der Waals surface area contributed by atoms with Crippen molar-refractivity contribution in [3.8, 4) is 0 Å². The van der Waals surface area contributed by atoms with Gasteiger partial charge in [0.15, 0.2) is 0 Å². The average molecular weight is 363 g/mol. The van der Waals surface area contributed by atoms with Crippen LogP contribution in [0.4, 0.5) is 11.4 Å². The molecule has 0 unspecified atom stereocenters. The van der Waals surface area contributed by atoms with Gasteiger partial charge in [-0.2, -0.15) is 0 Å². The van der Waals surface area contributed by atoms with Gasteiger partial charge < -0.3 is 4.90 Å².